The molecule has 6 heteroatoms. The second-order valence-corrected chi connectivity index (χ2v) is 9.21. The third-order valence-corrected chi connectivity index (χ3v) is 6.60. The molecule has 0 bridgehead atoms. The summed E-state index contributed by atoms with van der Waals surface area (Å²) in [5.74, 6) is -1.05. The van der Waals surface area contributed by atoms with E-state index in [1.165, 1.54) is 5.56 Å². The van der Waals surface area contributed by atoms with Gasteiger partial charge in [-0.05, 0) is 43.9 Å². The third kappa shape index (κ3) is 6.80. The van der Waals surface area contributed by atoms with Crippen LogP contribution in [0.2, 0.25) is 0 Å². The number of likely N-dealkylation sites (tertiary alicyclic amines) is 1. The number of anilines is 1. The molecule has 0 radical (unpaired) electrons. The van der Waals surface area contributed by atoms with Gasteiger partial charge in [-0.1, -0.05) is 84.9 Å². The molecule has 2 atom stereocenters. The van der Waals surface area contributed by atoms with Crippen LogP contribution in [0.1, 0.15) is 42.4 Å². The molecule has 0 aliphatic carbocycles. The first-order chi connectivity index (χ1) is 18.1. The quantitative estimate of drug-likeness (QED) is 0.270. The lowest BCUT2D eigenvalue weighted by molar-refractivity contribution is -0.138. The molecule has 1 aliphatic heterocycles. The number of rotatable bonds is 11. The normalized spacial score (nSPS) is 16.8. The lowest BCUT2D eigenvalue weighted by atomic mass is 9.99. The van der Waals surface area contributed by atoms with Gasteiger partial charge < -0.3 is 10.4 Å². The van der Waals surface area contributed by atoms with E-state index in [9.17, 15) is 14.7 Å². The number of carboxylic acid groups (broad SMARTS) is 1. The zero-order valence-corrected chi connectivity index (χ0v) is 20.9. The number of aliphatic imine (C=N–C) groups is 1. The Bertz CT molecular complexity index is 1240. The standard InChI is InChI=1S/C31H33N3O3/c1-2-3-18-27(31(36)37)32-29(24-15-8-5-9-16-24)25-17-10-11-19-26(25)33-30(35)28-20-12-21-34(28)22-23-13-6-4-7-14-23/h2,4-11,13-17,19,27-28H,1,3,12,18,20-22H2,(H,33,35)(H,36,37)/t27-,28-/m0/s1. The Kier molecular flexibility index (Phi) is 9.00. The lowest BCUT2D eigenvalue weighted by Gasteiger charge is -2.24. The van der Waals surface area contributed by atoms with Gasteiger partial charge in [0.15, 0.2) is 0 Å². The number of nitrogens with one attached hydrogen (secondary N) is 1. The van der Waals surface area contributed by atoms with Gasteiger partial charge in [0.2, 0.25) is 5.91 Å². The molecule has 190 valence electrons. The molecule has 37 heavy (non-hydrogen) atoms. The van der Waals surface area contributed by atoms with Crippen LogP contribution in [0.3, 0.4) is 0 Å². The summed E-state index contributed by atoms with van der Waals surface area (Å²) < 4.78 is 0. The van der Waals surface area contributed by atoms with Crippen molar-refractivity contribution >= 4 is 23.3 Å². The fourth-order valence-electron chi connectivity index (χ4n) is 4.72. The average Bonchev–Trinajstić information content (AvgIpc) is 3.38. The van der Waals surface area contributed by atoms with Crippen molar-refractivity contribution in [3.05, 3.63) is 114 Å². The van der Waals surface area contributed by atoms with Crippen molar-refractivity contribution in [2.24, 2.45) is 4.99 Å². The van der Waals surface area contributed by atoms with E-state index >= 15 is 0 Å². The van der Waals surface area contributed by atoms with Crippen LogP contribution >= 0.6 is 0 Å². The molecular weight excluding hydrogens is 462 g/mol. The molecule has 4 rings (SSSR count). The van der Waals surface area contributed by atoms with Gasteiger partial charge in [-0.3, -0.25) is 14.7 Å². The number of hydrogen-bond donors (Lipinski definition) is 2. The van der Waals surface area contributed by atoms with Crippen molar-refractivity contribution in [3.8, 4) is 0 Å². The maximum absolute atomic E-state index is 13.5. The summed E-state index contributed by atoms with van der Waals surface area (Å²) in [5.41, 5.74) is 3.83. The molecule has 0 unspecified atom stereocenters. The van der Waals surface area contributed by atoms with Crippen molar-refractivity contribution in [3.63, 3.8) is 0 Å². The highest BCUT2D eigenvalue weighted by Crippen LogP contribution is 2.25. The molecule has 1 saturated heterocycles. The van der Waals surface area contributed by atoms with E-state index in [2.05, 4.69) is 28.9 Å². The second kappa shape index (κ2) is 12.8. The number of para-hydroxylation sites is 1. The van der Waals surface area contributed by atoms with Crippen LogP contribution in [-0.4, -0.2) is 46.2 Å². The summed E-state index contributed by atoms with van der Waals surface area (Å²) >= 11 is 0. The van der Waals surface area contributed by atoms with Gasteiger partial charge in [-0.25, -0.2) is 4.79 Å². The van der Waals surface area contributed by atoms with Gasteiger partial charge >= 0.3 is 5.97 Å². The molecule has 1 aliphatic rings. The van der Waals surface area contributed by atoms with Crippen LogP contribution in [0, 0.1) is 0 Å². The van der Waals surface area contributed by atoms with Crippen molar-refractivity contribution in [2.45, 2.75) is 44.3 Å². The molecule has 0 aromatic heterocycles. The fraction of sp³-hybridized carbons (Fsp3) is 0.258. The monoisotopic (exact) mass is 495 g/mol. The topological polar surface area (TPSA) is 82.0 Å². The number of carboxylic acids is 1. The zero-order valence-electron chi connectivity index (χ0n) is 20.9. The van der Waals surface area contributed by atoms with Crippen molar-refractivity contribution < 1.29 is 14.7 Å². The van der Waals surface area contributed by atoms with Crippen LogP contribution in [0.15, 0.2) is 103 Å². The van der Waals surface area contributed by atoms with Gasteiger partial charge in [-0.2, -0.15) is 0 Å². The highest BCUT2D eigenvalue weighted by Gasteiger charge is 2.31. The summed E-state index contributed by atoms with van der Waals surface area (Å²) in [6.07, 6.45) is 4.35. The summed E-state index contributed by atoms with van der Waals surface area (Å²) in [5, 5.41) is 13.0. The van der Waals surface area contributed by atoms with E-state index in [1.807, 2.05) is 72.8 Å². The Morgan fingerprint density at radius 1 is 1.03 bits per heavy atom. The maximum Gasteiger partial charge on any atom is 0.328 e. The minimum Gasteiger partial charge on any atom is -0.480 e. The lowest BCUT2D eigenvalue weighted by Crippen LogP contribution is -2.39. The number of allylic oxidation sites excluding steroid dienone is 1. The minimum absolute atomic E-state index is 0.0604. The number of amides is 1. The predicted molar refractivity (Wildman–Crippen MR) is 148 cm³/mol. The summed E-state index contributed by atoms with van der Waals surface area (Å²) in [6, 6.07) is 26.0. The van der Waals surface area contributed by atoms with E-state index in [0.717, 1.165) is 31.5 Å². The van der Waals surface area contributed by atoms with E-state index < -0.39 is 12.0 Å². The minimum atomic E-state index is -0.987. The van der Waals surface area contributed by atoms with Crippen LogP contribution in [0.5, 0.6) is 0 Å². The molecule has 6 nitrogen and oxygen atoms in total. The average molecular weight is 496 g/mol. The number of hydrogen-bond acceptors (Lipinski definition) is 4. The van der Waals surface area contributed by atoms with E-state index in [1.54, 1.807) is 6.08 Å². The fourth-order valence-corrected chi connectivity index (χ4v) is 4.72. The van der Waals surface area contributed by atoms with Gasteiger partial charge in [0, 0.05) is 17.7 Å². The number of aliphatic carboxylic acids is 1. The first-order valence-corrected chi connectivity index (χ1v) is 12.7. The summed E-state index contributed by atoms with van der Waals surface area (Å²) in [7, 11) is 0. The molecule has 1 heterocycles. The van der Waals surface area contributed by atoms with Gasteiger partial charge in [0.25, 0.3) is 0 Å². The molecule has 2 N–H and O–H groups in total. The Morgan fingerprint density at radius 3 is 2.41 bits per heavy atom. The van der Waals surface area contributed by atoms with Crippen molar-refractivity contribution in [1.82, 2.24) is 4.90 Å². The van der Waals surface area contributed by atoms with Gasteiger partial charge in [0.05, 0.1) is 17.4 Å². The Hall–Kier alpha value is -4.03. The molecule has 1 fully saturated rings. The molecular formula is C31H33N3O3. The van der Waals surface area contributed by atoms with Crippen LogP contribution in [0.25, 0.3) is 0 Å². The largest absolute Gasteiger partial charge is 0.480 e. The van der Waals surface area contributed by atoms with Crippen molar-refractivity contribution in [2.75, 3.05) is 11.9 Å². The second-order valence-electron chi connectivity index (χ2n) is 9.21. The Labute approximate surface area is 218 Å². The van der Waals surface area contributed by atoms with Crippen LogP contribution < -0.4 is 5.32 Å². The highest BCUT2D eigenvalue weighted by atomic mass is 16.4. The molecule has 0 saturated carbocycles. The number of nitrogens with zero attached hydrogens (tertiary/aromatic N) is 2. The predicted octanol–water partition coefficient (Wildman–Crippen LogP) is 5.55. The third-order valence-electron chi connectivity index (χ3n) is 6.60. The van der Waals surface area contributed by atoms with Crippen LogP contribution in [-0.2, 0) is 16.1 Å². The molecule has 1 amide bonds. The van der Waals surface area contributed by atoms with Gasteiger partial charge in [-0.15, -0.1) is 6.58 Å². The summed E-state index contributed by atoms with van der Waals surface area (Å²) in [4.78, 5) is 32.4. The van der Waals surface area contributed by atoms with E-state index in [-0.39, 0.29) is 11.9 Å². The maximum atomic E-state index is 13.5. The number of carbonyl (C=O) groups is 2. The number of carbonyl (C=O) groups excluding carboxylic acids is 1. The zero-order chi connectivity index (χ0) is 26.0. The molecule has 3 aromatic carbocycles. The van der Waals surface area contributed by atoms with Crippen LogP contribution in [0.4, 0.5) is 5.69 Å². The summed E-state index contributed by atoms with van der Waals surface area (Å²) in [6.45, 7) is 5.30. The van der Waals surface area contributed by atoms with E-state index in [4.69, 9.17) is 4.99 Å². The Morgan fingerprint density at radius 2 is 1.70 bits per heavy atom. The molecule has 0 spiro atoms. The first kappa shape index (κ1) is 26.0. The highest BCUT2D eigenvalue weighted by molar-refractivity contribution is 6.17. The SMILES string of the molecule is C=CCC[C@H](N=C(c1ccccc1)c1ccccc1NC(=O)[C@@H]1CCCN1Cc1ccccc1)C(=O)O. The number of benzene rings is 3. The first-order valence-electron chi connectivity index (χ1n) is 12.7. The van der Waals surface area contributed by atoms with E-state index in [0.29, 0.717) is 29.8 Å². The smallest absolute Gasteiger partial charge is 0.328 e. The van der Waals surface area contributed by atoms with Crippen molar-refractivity contribution in [1.29, 1.82) is 0 Å². The Balaban J connectivity index is 1.63. The van der Waals surface area contributed by atoms with Gasteiger partial charge in [0.1, 0.15) is 6.04 Å². The molecule has 3 aromatic rings.